The van der Waals surface area contributed by atoms with Gasteiger partial charge in [-0.05, 0) is 37.1 Å². The van der Waals surface area contributed by atoms with Crippen LogP contribution in [0.1, 0.15) is 23.6 Å². The van der Waals surface area contributed by atoms with Crippen molar-refractivity contribution in [1.29, 1.82) is 0 Å². The summed E-state index contributed by atoms with van der Waals surface area (Å²) in [4.78, 5) is 11.1. The maximum atomic E-state index is 12.4. The Hall–Kier alpha value is -1.56. The smallest absolute Gasteiger partial charge is 0.384 e. The third kappa shape index (κ3) is 3.73. The molecular weight excluding hydrogens is 247 g/mol. The van der Waals surface area contributed by atoms with Crippen molar-refractivity contribution in [3.8, 4) is 0 Å². The quantitative estimate of drug-likeness (QED) is 0.874. The number of halogens is 3. The molecule has 0 bridgehead atoms. The number of rotatable bonds is 3. The molecule has 1 aromatic rings. The predicted molar refractivity (Wildman–Crippen MR) is 59.7 cm³/mol. The van der Waals surface area contributed by atoms with Crippen molar-refractivity contribution >= 4 is 5.91 Å². The van der Waals surface area contributed by atoms with Crippen LogP contribution in [-0.4, -0.2) is 17.1 Å². The molecule has 3 nitrogen and oxygen atoms in total. The fourth-order valence-corrected chi connectivity index (χ4v) is 1.40. The van der Waals surface area contributed by atoms with Gasteiger partial charge < -0.3 is 10.4 Å². The Balaban J connectivity index is 2.78. The van der Waals surface area contributed by atoms with Crippen LogP contribution >= 0.6 is 0 Å². The average molecular weight is 261 g/mol. The summed E-state index contributed by atoms with van der Waals surface area (Å²) in [6.45, 7) is 2.95. The second kappa shape index (κ2) is 5.39. The van der Waals surface area contributed by atoms with Gasteiger partial charge in [0.1, 0.15) is 6.10 Å². The number of hydrogen-bond acceptors (Lipinski definition) is 2. The molecule has 0 saturated heterocycles. The molecule has 0 radical (unpaired) electrons. The minimum absolute atomic E-state index is 0.0910. The largest absolute Gasteiger partial charge is 0.416 e. The molecule has 0 fully saturated rings. The lowest BCUT2D eigenvalue weighted by Gasteiger charge is -2.12. The maximum absolute atomic E-state index is 12.4. The Morgan fingerprint density at radius 3 is 2.50 bits per heavy atom. The van der Waals surface area contributed by atoms with E-state index in [0.717, 1.165) is 12.1 Å². The van der Waals surface area contributed by atoms with E-state index in [0.29, 0.717) is 11.1 Å². The molecule has 0 saturated carbocycles. The minimum Gasteiger partial charge on any atom is -0.384 e. The Kier molecular flexibility index (Phi) is 4.34. The van der Waals surface area contributed by atoms with Gasteiger partial charge in [0.2, 0.25) is 5.91 Å². The van der Waals surface area contributed by atoms with Gasteiger partial charge in [-0.25, -0.2) is 0 Å². The predicted octanol–water partition coefficient (Wildman–Crippen LogP) is 2.01. The van der Waals surface area contributed by atoms with Crippen molar-refractivity contribution in [1.82, 2.24) is 5.32 Å². The number of carbonyl (C=O) groups excluding carboxylic acids is 1. The van der Waals surface area contributed by atoms with Crippen molar-refractivity contribution in [2.24, 2.45) is 0 Å². The van der Waals surface area contributed by atoms with Crippen LogP contribution in [0.3, 0.4) is 0 Å². The fraction of sp³-hybridized carbons (Fsp3) is 0.417. The SMILES string of the molecule is Cc1cc(C(F)(F)F)ccc1CNC(=O)[C@@H](C)O. The Bertz CT molecular complexity index is 441. The first-order chi connectivity index (χ1) is 8.21. The van der Waals surface area contributed by atoms with E-state index < -0.39 is 23.8 Å². The highest BCUT2D eigenvalue weighted by Crippen LogP contribution is 2.30. The number of carbonyl (C=O) groups is 1. The zero-order chi connectivity index (χ0) is 13.9. The van der Waals surface area contributed by atoms with Gasteiger partial charge in [0.15, 0.2) is 0 Å². The molecule has 0 unspecified atom stereocenters. The fourth-order valence-electron chi connectivity index (χ4n) is 1.40. The van der Waals surface area contributed by atoms with E-state index in [1.807, 2.05) is 0 Å². The van der Waals surface area contributed by atoms with Crippen LogP contribution in [0.4, 0.5) is 13.2 Å². The molecule has 0 spiro atoms. The number of aliphatic hydroxyl groups excluding tert-OH is 1. The summed E-state index contributed by atoms with van der Waals surface area (Å²) in [6, 6.07) is 3.32. The van der Waals surface area contributed by atoms with Crippen LogP contribution in [0.2, 0.25) is 0 Å². The van der Waals surface area contributed by atoms with Crippen LogP contribution in [0.25, 0.3) is 0 Å². The van der Waals surface area contributed by atoms with Crippen LogP contribution < -0.4 is 5.32 Å². The molecule has 1 rings (SSSR count). The van der Waals surface area contributed by atoms with Gasteiger partial charge in [-0.1, -0.05) is 6.07 Å². The zero-order valence-electron chi connectivity index (χ0n) is 10.0. The Morgan fingerprint density at radius 2 is 2.06 bits per heavy atom. The number of alkyl halides is 3. The van der Waals surface area contributed by atoms with E-state index in [1.54, 1.807) is 6.92 Å². The van der Waals surface area contributed by atoms with E-state index in [-0.39, 0.29) is 6.54 Å². The molecule has 0 heterocycles. The summed E-state index contributed by atoms with van der Waals surface area (Å²) in [6.07, 6.45) is -5.51. The third-order valence-electron chi connectivity index (χ3n) is 2.50. The number of aryl methyl sites for hydroxylation is 1. The van der Waals surface area contributed by atoms with Crippen molar-refractivity contribution in [2.75, 3.05) is 0 Å². The lowest BCUT2D eigenvalue weighted by molar-refractivity contribution is -0.137. The van der Waals surface area contributed by atoms with E-state index >= 15 is 0 Å². The number of aliphatic hydroxyl groups is 1. The monoisotopic (exact) mass is 261 g/mol. The first-order valence-corrected chi connectivity index (χ1v) is 5.34. The number of nitrogens with one attached hydrogen (secondary N) is 1. The van der Waals surface area contributed by atoms with Gasteiger partial charge in [0.25, 0.3) is 0 Å². The molecule has 2 N–H and O–H groups in total. The summed E-state index contributed by atoms with van der Waals surface area (Å²) < 4.78 is 37.3. The van der Waals surface area contributed by atoms with Crippen molar-refractivity contribution in [3.05, 3.63) is 34.9 Å². The lowest BCUT2D eigenvalue weighted by atomic mass is 10.0. The van der Waals surface area contributed by atoms with Gasteiger partial charge in [-0.15, -0.1) is 0 Å². The average Bonchev–Trinajstić information content (AvgIpc) is 2.25. The van der Waals surface area contributed by atoms with Crippen LogP contribution in [-0.2, 0) is 17.5 Å². The second-order valence-corrected chi connectivity index (χ2v) is 4.03. The van der Waals surface area contributed by atoms with Crippen molar-refractivity contribution in [2.45, 2.75) is 32.7 Å². The second-order valence-electron chi connectivity index (χ2n) is 4.03. The Morgan fingerprint density at radius 1 is 1.44 bits per heavy atom. The van der Waals surface area contributed by atoms with E-state index in [1.165, 1.54) is 13.0 Å². The van der Waals surface area contributed by atoms with E-state index in [9.17, 15) is 18.0 Å². The highest BCUT2D eigenvalue weighted by molar-refractivity contribution is 5.79. The maximum Gasteiger partial charge on any atom is 0.416 e. The lowest BCUT2D eigenvalue weighted by Crippen LogP contribution is -2.32. The van der Waals surface area contributed by atoms with Gasteiger partial charge >= 0.3 is 6.18 Å². The van der Waals surface area contributed by atoms with Crippen molar-refractivity contribution < 1.29 is 23.1 Å². The number of hydrogen-bond donors (Lipinski definition) is 2. The Labute approximate surface area is 103 Å². The van der Waals surface area contributed by atoms with Gasteiger partial charge in [0.05, 0.1) is 5.56 Å². The molecular formula is C12H14F3NO2. The molecule has 0 aliphatic carbocycles. The van der Waals surface area contributed by atoms with E-state index in [4.69, 9.17) is 5.11 Å². The number of amides is 1. The van der Waals surface area contributed by atoms with Crippen LogP contribution in [0.5, 0.6) is 0 Å². The topological polar surface area (TPSA) is 49.3 Å². The van der Waals surface area contributed by atoms with Crippen LogP contribution in [0.15, 0.2) is 18.2 Å². The van der Waals surface area contributed by atoms with Gasteiger partial charge in [-0.3, -0.25) is 4.79 Å². The molecule has 0 aliphatic rings. The highest BCUT2D eigenvalue weighted by Gasteiger charge is 2.30. The standard InChI is InChI=1S/C12H14F3NO2/c1-7-5-10(12(13,14)15)4-3-9(7)6-16-11(18)8(2)17/h3-5,8,17H,6H2,1-2H3,(H,16,18)/t8-/m1/s1. The summed E-state index contributed by atoms with van der Waals surface area (Å²) in [5, 5.41) is 11.4. The zero-order valence-corrected chi connectivity index (χ0v) is 10.0. The molecule has 0 aliphatic heterocycles. The normalized spacial score (nSPS) is 13.2. The summed E-state index contributed by atoms with van der Waals surface area (Å²) >= 11 is 0. The summed E-state index contributed by atoms with van der Waals surface area (Å²) in [7, 11) is 0. The first-order valence-electron chi connectivity index (χ1n) is 5.34. The minimum atomic E-state index is -4.37. The first kappa shape index (κ1) is 14.5. The van der Waals surface area contributed by atoms with Crippen molar-refractivity contribution in [3.63, 3.8) is 0 Å². The van der Waals surface area contributed by atoms with E-state index in [2.05, 4.69) is 5.32 Å². The van der Waals surface area contributed by atoms with Gasteiger partial charge in [-0.2, -0.15) is 13.2 Å². The third-order valence-corrected chi connectivity index (χ3v) is 2.50. The molecule has 6 heteroatoms. The summed E-state index contributed by atoms with van der Waals surface area (Å²) in [5.74, 6) is -0.561. The highest BCUT2D eigenvalue weighted by atomic mass is 19.4. The molecule has 1 aromatic carbocycles. The molecule has 1 amide bonds. The summed E-state index contributed by atoms with van der Waals surface area (Å²) in [5.41, 5.74) is 0.304. The molecule has 1 atom stereocenters. The number of benzene rings is 1. The van der Waals surface area contributed by atoms with Gasteiger partial charge in [0, 0.05) is 6.54 Å². The molecule has 18 heavy (non-hydrogen) atoms. The van der Waals surface area contributed by atoms with Crippen LogP contribution in [0, 0.1) is 6.92 Å². The molecule has 0 aromatic heterocycles. The molecule has 100 valence electrons.